The van der Waals surface area contributed by atoms with E-state index in [-0.39, 0.29) is 37.7 Å². The van der Waals surface area contributed by atoms with Crippen molar-refractivity contribution in [3.63, 3.8) is 0 Å². The average molecular weight is 537 g/mol. The summed E-state index contributed by atoms with van der Waals surface area (Å²) in [5.41, 5.74) is 5.82. The van der Waals surface area contributed by atoms with E-state index in [1.54, 1.807) is 10.4 Å². The Morgan fingerprint density at radius 2 is 0.902 bits per heavy atom. The molecule has 0 heterocycles. The molecule has 196 valence electrons. The molecule has 0 aliphatic rings. The normalized spacial score (nSPS) is 13.0. The first-order chi connectivity index (χ1) is 18.9. The van der Waals surface area contributed by atoms with Gasteiger partial charge in [-0.1, -0.05) is 98.4 Å². The van der Waals surface area contributed by atoms with Gasteiger partial charge in [-0.3, -0.25) is 0 Å². The van der Waals surface area contributed by atoms with Gasteiger partial charge in [0.15, 0.2) is 0 Å². The smallest absolute Gasteiger partial charge is 0.147 e. The number of rotatable bonds is 8. The van der Waals surface area contributed by atoms with Crippen LogP contribution in [0.1, 0.15) is 47.9 Å². The van der Waals surface area contributed by atoms with Crippen LogP contribution >= 0.6 is 0 Å². The van der Waals surface area contributed by atoms with Crippen LogP contribution in [0.3, 0.4) is 0 Å². The van der Waals surface area contributed by atoms with Crippen molar-refractivity contribution in [1.29, 1.82) is 0 Å². The Kier molecular flexibility index (Phi) is 10.1. The first-order valence-corrected chi connectivity index (χ1v) is 17.4. The molecule has 0 aliphatic carbocycles. The quantitative estimate of drug-likeness (QED) is 0.207. The standard InChI is InChI=1S/C38H38Si.2Li/c1-27(29-15-7-5-8-16-29)23-31-25-37(35-21-13-11-19-33(31)35)39(3,4)38-26-32(34-20-12-14-22-36(34)38)24-28(2)30-17-9-6-10-18-30;;/h5-22,25-28H,23-24H2,1-4H3;;/q-2;2*+1. The van der Waals surface area contributed by atoms with Crippen LogP contribution in [0, 0.1) is 0 Å². The van der Waals surface area contributed by atoms with Crippen molar-refractivity contribution in [2.45, 2.75) is 51.6 Å². The largest absolute Gasteiger partial charge is 1.00 e. The molecule has 0 aromatic heterocycles. The number of hydrogen-bond acceptors (Lipinski definition) is 0. The molecule has 0 N–H and O–H groups in total. The summed E-state index contributed by atoms with van der Waals surface area (Å²) in [4.78, 5) is 0. The topological polar surface area (TPSA) is 0 Å². The summed E-state index contributed by atoms with van der Waals surface area (Å²) in [6, 6.07) is 45.3. The van der Waals surface area contributed by atoms with E-state index in [9.17, 15) is 0 Å². The SMILES string of the molecule is CC(Cc1cc([Si](C)(C)c2cc(CC(C)c3ccccc3)[c-]3ccccc23)c2cccc[c-]12)c1ccccc1.[Li+].[Li+]. The van der Waals surface area contributed by atoms with E-state index in [0.29, 0.717) is 11.8 Å². The third-order valence-corrected chi connectivity index (χ3v) is 12.4. The predicted octanol–water partition coefficient (Wildman–Crippen LogP) is 2.95. The van der Waals surface area contributed by atoms with Gasteiger partial charge in [-0.05, 0) is 35.8 Å². The molecule has 6 rings (SSSR count). The Bertz CT molecular complexity index is 1580. The van der Waals surface area contributed by atoms with Crippen LogP contribution in [0.15, 0.2) is 121 Å². The molecule has 41 heavy (non-hydrogen) atoms. The minimum absolute atomic E-state index is 0. The van der Waals surface area contributed by atoms with Gasteiger partial charge in [0.25, 0.3) is 0 Å². The molecule has 0 saturated carbocycles. The van der Waals surface area contributed by atoms with Crippen LogP contribution in [0.5, 0.6) is 0 Å². The Morgan fingerprint density at radius 1 is 0.537 bits per heavy atom. The molecule has 2 atom stereocenters. The number of hydrogen-bond donors (Lipinski definition) is 0. The molecule has 3 heteroatoms. The van der Waals surface area contributed by atoms with E-state index in [4.69, 9.17) is 0 Å². The minimum Gasteiger partial charge on any atom is -0.147 e. The van der Waals surface area contributed by atoms with Gasteiger partial charge in [0.05, 0.1) is 0 Å². The molecule has 0 spiro atoms. The molecule has 2 unspecified atom stereocenters. The summed E-state index contributed by atoms with van der Waals surface area (Å²) in [5, 5.41) is 8.93. The van der Waals surface area contributed by atoms with E-state index in [1.807, 2.05) is 0 Å². The second-order valence-corrected chi connectivity index (χ2v) is 16.2. The second-order valence-electron chi connectivity index (χ2n) is 11.9. The van der Waals surface area contributed by atoms with Crippen LogP contribution in [0.4, 0.5) is 0 Å². The summed E-state index contributed by atoms with van der Waals surface area (Å²) in [6.45, 7) is 9.85. The summed E-state index contributed by atoms with van der Waals surface area (Å²) < 4.78 is 0. The fraction of sp³-hybridized carbons (Fsp3) is 0.211. The molecule has 0 amide bonds. The summed E-state index contributed by atoms with van der Waals surface area (Å²) in [6.07, 6.45) is 2.13. The Balaban J connectivity index is 0.00000194. The van der Waals surface area contributed by atoms with Gasteiger partial charge in [0.2, 0.25) is 0 Å². The van der Waals surface area contributed by atoms with Crippen LogP contribution in [0.2, 0.25) is 13.1 Å². The maximum absolute atomic E-state index is 2.57. The van der Waals surface area contributed by atoms with Gasteiger partial charge in [-0.2, -0.15) is 0 Å². The van der Waals surface area contributed by atoms with E-state index in [0.717, 1.165) is 12.8 Å². The van der Waals surface area contributed by atoms with Crippen LogP contribution < -0.4 is 48.1 Å². The summed E-state index contributed by atoms with van der Waals surface area (Å²) in [7, 11) is -2.00. The third kappa shape index (κ3) is 6.18. The molecule has 0 fully saturated rings. The van der Waals surface area contributed by atoms with Gasteiger partial charge in [0.1, 0.15) is 0 Å². The van der Waals surface area contributed by atoms with Crippen molar-refractivity contribution >= 4 is 40.0 Å². The van der Waals surface area contributed by atoms with Crippen molar-refractivity contribution in [3.8, 4) is 0 Å². The minimum atomic E-state index is -2.00. The van der Waals surface area contributed by atoms with Crippen molar-refractivity contribution in [2.24, 2.45) is 0 Å². The second kappa shape index (κ2) is 13.2. The fourth-order valence-corrected chi connectivity index (χ4v) is 9.77. The summed E-state index contributed by atoms with van der Waals surface area (Å²) in [5.74, 6) is 0.973. The van der Waals surface area contributed by atoms with Gasteiger partial charge in [-0.15, -0.1) is 92.9 Å². The zero-order valence-electron chi connectivity index (χ0n) is 25.6. The first kappa shape index (κ1) is 31.4. The van der Waals surface area contributed by atoms with Crippen molar-refractivity contribution in [3.05, 3.63) is 144 Å². The number of benzene rings is 4. The fourth-order valence-electron chi connectivity index (χ4n) is 6.63. The van der Waals surface area contributed by atoms with Crippen molar-refractivity contribution in [2.75, 3.05) is 0 Å². The molecule has 6 aromatic rings. The Labute approximate surface area is 271 Å². The first-order valence-electron chi connectivity index (χ1n) is 14.4. The predicted molar refractivity (Wildman–Crippen MR) is 173 cm³/mol. The number of fused-ring (bicyclic) bond motifs is 2. The van der Waals surface area contributed by atoms with E-state index in [1.165, 1.54) is 43.8 Å². The molecule has 0 saturated heterocycles. The molecular weight excluding hydrogens is 498 g/mol. The summed E-state index contributed by atoms with van der Waals surface area (Å²) >= 11 is 0. The van der Waals surface area contributed by atoms with Crippen LogP contribution in [0.25, 0.3) is 21.5 Å². The van der Waals surface area contributed by atoms with E-state index < -0.39 is 8.07 Å². The maximum Gasteiger partial charge on any atom is 1.00 e. The van der Waals surface area contributed by atoms with E-state index in [2.05, 4.69) is 148 Å². The molecule has 0 radical (unpaired) electrons. The van der Waals surface area contributed by atoms with Gasteiger partial charge in [0, 0.05) is 8.07 Å². The molecule has 0 aliphatic heterocycles. The Hall–Kier alpha value is -2.49. The van der Waals surface area contributed by atoms with Crippen molar-refractivity contribution < 1.29 is 37.7 Å². The molecule has 6 aromatic carbocycles. The van der Waals surface area contributed by atoms with Crippen LogP contribution in [-0.4, -0.2) is 8.07 Å². The van der Waals surface area contributed by atoms with Crippen LogP contribution in [-0.2, 0) is 12.8 Å². The zero-order valence-corrected chi connectivity index (χ0v) is 26.6. The maximum atomic E-state index is 2.57. The Morgan fingerprint density at radius 3 is 1.29 bits per heavy atom. The third-order valence-electron chi connectivity index (χ3n) is 8.90. The van der Waals surface area contributed by atoms with E-state index >= 15 is 0 Å². The average Bonchev–Trinajstić information content (AvgIpc) is 3.54. The monoisotopic (exact) mass is 536 g/mol. The van der Waals surface area contributed by atoms with Crippen molar-refractivity contribution in [1.82, 2.24) is 0 Å². The zero-order chi connectivity index (χ0) is 27.0. The van der Waals surface area contributed by atoms with Gasteiger partial charge >= 0.3 is 37.7 Å². The molecular formula is C38H38Li2Si. The van der Waals surface area contributed by atoms with Gasteiger partial charge < -0.3 is 0 Å². The van der Waals surface area contributed by atoms with Gasteiger partial charge in [-0.25, -0.2) is 0 Å². The molecule has 0 bridgehead atoms. The molecule has 0 nitrogen and oxygen atoms in total.